The third kappa shape index (κ3) is 1.41. The molecule has 3 heteroatoms. The van der Waals surface area contributed by atoms with Crippen molar-refractivity contribution in [3.63, 3.8) is 0 Å². The first-order valence-electron chi connectivity index (χ1n) is 3.16. The van der Waals surface area contributed by atoms with Gasteiger partial charge in [0.25, 0.3) is 0 Å². The molecule has 1 rings (SSSR count). The van der Waals surface area contributed by atoms with Crippen molar-refractivity contribution in [1.29, 1.82) is 0 Å². The molecule has 0 spiro atoms. The van der Waals surface area contributed by atoms with Gasteiger partial charge in [0.2, 0.25) is 0 Å². The molecule has 1 aromatic heterocycles. The summed E-state index contributed by atoms with van der Waals surface area (Å²) < 4.78 is 5.57. The van der Waals surface area contributed by atoms with E-state index in [4.69, 9.17) is 4.42 Å². The number of aliphatic hydroxyl groups is 1. The maximum atomic E-state index is 9.31. The van der Waals surface area contributed by atoms with Crippen LogP contribution in [0.25, 0.3) is 0 Å². The molecule has 0 aliphatic rings. The Bertz CT molecular complexity index is 207. The van der Waals surface area contributed by atoms with Crippen LogP contribution in [-0.2, 0) is 0 Å². The third-order valence-electron chi connectivity index (χ3n) is 1.39. The van der Waals surface area contributed by atoms with Crippen LogP contribution >= 0.6 is 15.9 Å². The van der Waals surface area contributed by atoms with E-state index in [9.17, 15) is 5.11 Å². The maximum absolute atomic E-state index is 9.31. The van der Waals surface area contributed by atoms with Crippen LogP contribution in [0.2, 0.25) is 0 Å². The van der Waals surface area contributed by atoms with E-state index < -0.39 is 6.10 Å². The van der Waals surface area contributed by atoms with Gasteiger partial charge in [0.05, 0.1) is 12.4 Å². The summed E-state index contributed by atoms with van der Waals surface area (Å²) >= 11 is 3.18. The molecule has 1 heterocycles. The first-order valence-corrected chi connectivity index (χ1v) is 3.96. The lowest BCUT2D eigenvalue weighted by Crippen LogP contribution is -1.92. The summed E-state index contributed by atoms with van der Waals surface area (Å²) in [5, 5.41) is 9.31. The predicted molar refractivity (Wildman–Crippen MR) is 41.7 cm³/mol. The number of furan rings is 1. The molecule has 0 aliphatic heterocycles. The number of hydrogen-bond donors (Lipinski definition) is 1. The zero-order valence-corrected chi connectivity index (χ0v) is 7.26. The molecule has 0 amide bonds. The Balaban J connectivity index is 2.82. The minimum absolute atomic E-state index is 0.409. The van der Waals surface area contributed by atoms with Crippen LogP contribution in [0.5, 0.6) is 0 Å². The van der Waals surface area contributed by atoms with Crippen molar-refractivity contribution >= 4 is 15.9 Å². The molecule has 0 fully saturated rings. The minimum atomic E-state index is -0.409. The van der Waals surface area contributed by atoms with Gasteiger partial charge in [0, 0.05) is 5.56 Å². The van der Waals surface area contributed by atoms with Gasteiger partial charge in [0.1, 0.15) is 0 Å². The summed E-state index contributed by atoms with van der Waals surface area (Å²) in [4.78, 5) is 0. The van der Waals surface area contributed by atoms with Gasteiger partial charge in [-0.15, -0.1) is 0 Å². The zero-order chi connectivity index (χ0) is 7.56. The largest absolute Gasteiger partial charge is 0.457 e. The predicted octanol–water partition coefficient (Wildman–Crippen LogP) is 2.49. The fraction of sp³-hybridized carbons (Fsp3) is 0.429. The van der Waals surface area contributed by atoms with Crippen molar-refractivity contribution in [1.82, 2.24) is 0 Å². The lowest BCUT2D eigenvalue weighted by molar-refractivity contribution is 0.171. The molecule has 0 saturated heterocycles. The van der Waals surface area contributed by atoms with Gasteiger partial charge in [-0.05, 0) is 28.4 Å². The summed E-state index contributed by atoms with van der Waals surface area (Å²) in [6.45, 7) is 1.92. The van der Waals surface area contributed by atoms with Crippen LogP contribution in [0, 0.1) is 0 Å². The van der Waals surface area contributed by atoms with Crippen LogP contribution in [0.1, 0.15) is 25.0 Å². The van der Waals surface area contributed by atoms with E-state index in [2.05, 4.69) is 15.9 Å². The Morgan fingerprint density at radius 1 is 1.80 bits per heavy atom. The van der Waals surface area contributed by atoms with E-state index in [1.165, 1.54) is 0 Å². The molecule has 1 atom stereocenters. The summed E-state index contributed by atoms with van der Waals surface area (Å²) in [5.74, 6) is 0. The maximum Gasteiger partial charge on any atom is 0.174 e. The molecule has 1 N–H and O–H groups in total. The standard InChI is InChI=1S/C7H9BrO2/c1-2-6(9)5-3-4-10-7(5)8/h3-4,6,9H,2H2,1H3. The van der Waals surface area contributed by atoms with Gasteiger partial charge >= 0.3 is 0 Å². The van der Waals surface area contributed by atoms with Gasteiger partial charge in [0.15, 0.2) is 4.67 Å². The fourth-order valence-electron chi connectivity index (χ4n) is 0.763. The van der Waals surface area contributed by atoms with E-state index in [-0.39, 0.29) is 0 Å². The number of halogens is 1. The van der Waals surface area contributed by atoms with Gasteiger partial charge < -0.3 is 9.52 Å². The average Bonchev–Trinajstić information content (AvgIpc) is 2.34. The van der Waals surface area contributed by atoms with Gasteiger partial charge in [-0.1, -0.05) is 6.92 Å². The quantitative estimate of drug-likeness (QED) is 0.804. The summed E-state index contributed by atoms with van der Waals surface area (Å²) in [7, 11) is 0. The van der Waals surface area contributed by atoms with Crippen molar-refractivity contribution in [3.05, 3.63) is 22.6 Å². The molecule has 10 heavy (non-hydrogen) atoms. The second-order valence-corrected chi connectivity index (χ2v) is 2.79. The molecule has 1 unspecified atom stereocenters. The van der Waals surface area contributed by atoms with Gasteiger partial charge in [-0.2, -0.15) is 0 Å². The Morgan fingerprint density at radius 3 is 2.90 bits per heavy atom. The van der Waals surface area contributed by atoms with Crippen LogP contribution in [0.4, 0.5) is 0 Å². The van der Waals surface area contributed by atoms with Crippen molar-refractivity contribution in [3.8, 4) is 0 Å². The van der Waals surface area contributed by atoms with Gasteiger partial charge in [-0.25, -0.2) is 0 Å². The summed E-state index contributed by atoms with van der Waals surface area (Å²) in [6.07, 6.45) is 1.85. The van der Waals surface area contributed by atoms with Crippen molar-refractivity contribution < 1.29 is 9.52 Å². The number of aliphatic hydroxyl groups excluding tert-OH is 1. The third-order valence-corrected chi connectivity index (χ3v) is 2.04. The van der Waals surface area contributed by atoms with Crippen molar-refractivity contribution in [2.45, 2.75) is 19.4 Å². The molecule has 0 aromatic carbocycles. The Hall–Kier alpha value is -0.280. The van der Waals surface area contributed by atoms with Crippen molar-refractivity contribution in [2.24, 2.45) is 0 Å². The smallest absolute Gasteiger partial charge is 0.174 e. The van der Waals surface area contributed by atoms with E-state index in [0.29, 0.717) is 11.1 Å². The molecule has 2 nitrogen and oxygen atoms in total. The van der Waals surface area contributed by atoms with Crippen LogP contribution in [0.3, 0.4) is 0 Å². The molecule has 0 radical (unpaired) electrons. The highest BCUT2D eigenvalue weighted by atomic mass is 79.9. The summed E-state index contributed by atoms with van der Waals surface area (Å²) in [6, 6.07) is 1.76. The first kappa shape index (κ1) is 7.82. The normalized spacial score (nSPS) is 13.5. The van der Waals surface area contributed by atoms with Crippen LogP contribution < -0.4 is 0 Å². The molecule has 0 aliphatic carbocycles. The lowest BCUT2D eigenvalue weighted by atomic mass is 10.1. The second kappa shape index (κ2) is 3.21. The zero-order valence-electron chi connectivity index (χ0n) is 5.67. The monoisotopic (exact) mass is 204 g/mol. The van der Waals surface area contributed by atoms with E-state index in [1.54, 1.807) is 12.3 Å². The molecule has 1 aromatic rings. The molecular weight excluding hydrogens is 196 g/mol. The Kier molecular flexibility index (Phi) is 2.51. The minimum Gasteiger partial charge on any atom is -0.457 e. The molecule has 56 valence electrons. The molecule has 0 saturated carbocycles. The Labute approximate surface area is 68.0 Å². The second-order valence-electron chi connectivity index (χ2n) is 2.07. The SMILES string of the molecule is CCC(O)c1ccoc1Br. The fourth-order valence-corrected chi connectivity index (χ4v) is 1.27. The number of hydrogen-bond acceptors (Lipinski definition) is 2. The number of rotatable bonds is 2. The van der Waals surface area contributed by atoms with Crippen LogP contribution in [0.15, 0.2) is 21.4 Å². The average molecular weight is 205 g/mol. The molecular formula is C7H9BrO2. The van der Waals surface area contributed by atoms with Gasteiger partial charge in [-0.3, -0.25) is 0 Å². The highest BCUT2D eigenvalue weighted by Crippen LogP contribution is 2.25. The van der Waals surface area contributed by atoms with Crippen LogP contribution in [-0.4, -0.2) is 5.11 Å². The lowest BCUT2D eigenvalue weighted by Gasteiger charge is -2.03. The topological polar surface area (TPSA) is 33.4 Å². The van der Waals surface area contributed by atoms with Crippen molar-refractivity contribution in [2.75, 3.05) is 0 Å². The Morgan fingerprint density at radius 2 is 2.50 bits per heavy atom. The van der Waals surface area contributed by atoms with E-state index in [0.717, 1.165) is 5.56 Å². The first-order chi connectivity index (χ1) is 4.75. The highest BCUT2D eigenvalue weighted by Gasteiger charge is 2.10. The van der Waals surface area contributed by atoms with E-state index >= 15 is 0 Å². The van der Waals surface area contributed by atoms with E-state index in [1.807, 2.05) is 6.92 Å². The summed E-state index contributed by atoms with van der Waals surface area (Å²) in [5.41, 5.74) is 0.822. The molecule has 0 bridgehead atoms. The highest BCUT2D eigenvalue weighted by molar-refractivity contribution is 9.10.